The van der Waals surface area contributed by atoms with Crippen molar-refractivity contribution in [3.63, 3.8) is 0 Å². The number of aryl methyl sites for hydroxylation is 6. The number of hydrogen-bond acceptors (Lipinski definition) is 11. The molecule has 394 valence electrons. The molecule has 0 saturated carbocycles. The van der Waals surface area contributed by atoms with Gasteiger partial charge in [-0.1, -0.05) is 158 Å². The third kappa shape index (κ3) is 14.5. The Hall–Kier alpha value is -8.96. The van der Waals surface area contributed by atoms with Gasteiger partial charge in [-0.25, -0.2) is 0 Å². The SMILES string of the molecule is CC.CC.CC.CC.Cc1cccc(N=Nc2ccc(N=Nc3ccc4c(C)cc(C)c(N)c4c3O)c3ccc(C)cc23)c1.Cc1cccc(N=Nc2ccc(N=Nc3ccc4ccccc4c3O)c3ccc(C)cc23)c1. The van der Waals surface area contributed by atoms with Gasteiger partial charge in [0.1, 0.15) is 11.4 Å². The van der Waals surface area contributed by atoms with Crippen molar-refractivity contribution in [2.75, 3.05) is 5.73 Å². The summed E-state index contributed by atoms with van der Waals surface area (Å²) in [4.78, 5) is 0. The van der Waals surface area contributed by atoms with E-state index in [1.54, 1.807) is 12.1 Å². The minimum Gasteiger partial charge on any atom is -0.505 e. The lowest BCUT2D eigenvalue weighted by molar-refractivity contribution is 0.482. The van der Waals surface area contributed by atoms with Gasteiger partial charge in [-0.2, -0.15) is 10.2 Å². The summed E-state index contributed by atoms with van der Waals surface area (Å²) >= 11 is 0. The molecule has 11 nitrogen and oxygen atoms in total. The highest BCUT2D eigenvalue weighted by Crippen LogP contribution is 2.43. The first kappa shape index (κ1) is 58.9. The summed E-state index contributed by atoms with van der Waals surface area (Å²) in [6.45, 7) is 28.1. The molecule has 0 aromatic heterocycles. The van der Waals surface area contributed by atoms with Gasteiger partial charge >= 0.3 is 0 Å². The van der Waals surface area contributed by atoms with E-state index in [2.05, 4.69) is 53.0 Å². The maximum absolute atomic E-state index is 11.0. The summed E-state index contributed by atoms with van der Waals surface area (Å²) in [6.07, 6.45) is 0. The molecule has 0 fully saturated rings. The number of phenolic OH excluding ortho intramolecular Hbond substituents is 2. The van der Waals surface area contributed by atoms with Crippen LogP contribution in [-0.2, 0) is 0 Å². The van der Waals surface area contributed by atoms with Crippen LogP contribution in [0.5, 0.6) is 11.5 Å². The van der Waals surface area contributed by atoms with Crippen LogP contribution in [0.25, 0.3) is 43.1 Å². The second-order valence-corrected chi connectivity index (χ2v) is 17.2. The van der Waals surface area contributed by atoms with Gasteiger partial charge < -0.3 is 15.9 Å². The summed E-state index contributed by atoms with van der Waals surface area (Å²) in [5.41, 5.74) is 18.6. The fourth-order valence-corrected chi connectivity index (χ4v) is 8.29. The van der Waals surface area contributed by atoms with Crippen LogP contribution in [-0.4, -0.2) is 10.2 Å². The Bertz CT molecular complexity index is 3750. The van der Waals surface area contributed by atoms with Crippen LogP contribution in [0.15, 0.2) is 205 Å². The Kier molecular flexibility index (Phi) is 21.9. The summed E-state index contributed by atoms with van der Waals surface area (Å²) in [5, 5.41) is 64.1. The number of azo groups is 4. The molecule has 0 aliphatic heterocycles. The molecule has 0 atom stereocenters. The van der Waals surface area contributed by atoms with Gasteiger partial charge in [0.15, 0.2) is 11.5 Å². The Balaban J connectivity index is 0.000000252. The number of phenols is 2. The molecule has 0 aliphatic rings. The van der Waals surface area contributed by atoms with Crippen molar-refractivity contribution >= 4 is 94.3 Å². The molecule has 10 rings (SSSR count). The normalized spacial score (nSPS) is 10.9. The zero-order chi connectivity index (χ0) is 56.2. The Morgan fingerprint density at radius 2 is 0.688 bits per heavy atom. The minimum atomic E-state index is 0.0317. The van der Waals surface area contributed by atoms with Gasteiger partial charge in [-0.15, -0.1) is 30.7 Å². The maximum Gasteiger partial charge on any atom is 0.153 e. The van der Waals surface area contributed by atoms with E-state index >= 15 is 0 Å². The minimum absolute atomic E-state index is 0.0317. The predicted molar refractivity (Wildman–Crippen MR) is 327 cm³/mol. The number of benzene rings is 10. The topological polar surface area (TPSA) is 165 Å². The van der Waals surface area contributed by atoms with Crippen LogP contribution in [0.3, 0.4) is 0 Å². The standard InChI is InChI=1S/C30H27N5O.C28H22N4O.4C2H6/c1-17-6-5-7-21(14-17)32-33-26-13-12-25(23-9-8-18(2)15-24(23)26)34-35-27-11-10-22-19(3)16-20(4)29(31)28(22)30(27)36;1-18-6-5-8-21(16-18)29-30-26-15-14-25(23-12-10-19(2)17-24(23)26)31-32-27-13-11-20-7-3-4-9-22(20)28(27)33;4*1-2/h5-16,36H,31H2,1-4H3;3-17,33H,1-2H3;4*1-2H3. The van der Waals surface area contributed by atoms with Gasteiger partial charge in [-0.05, 0) is 147 Å². The molecular formula is C66H73N9O2. The van der Waals surface area contributed by atoms with Crippen molar-refractivity contribution in [1.29, 1.82) is 0 Å². The summed E-state index contributed by atoms with van der Waals surface area (Å²) < 4.78 is 0. The number of anilines is 1. The zero-order valence-electron chi connectivity index (χ0n) is 47.1. The van der Waals surface area contributed by atoms with E-state index in [9.17, 15) is 10.2 Å². The molecular weight excluding hydrogens is 951 g/mol. The average molecular weight is 1020 g/mol. The molecule has 0 aliphatic carbocycles. The number of nitrogen functional groups attached to an aromatic ring is 1. The van der Waals surface area contributed by atoms with E-state index in [1.807, 2.05) is 236 Å². The number of nitrogens with zero attached hydrogens (tertiary/aromatic N) is 8. The Morgan fingerprint density at radius 1 is 0.299 bits per heavy atom. The van der Waals surface area contributed by atoms with Gasteiger partial charge in [0.05, 0.1) is 34.1 Å². The van der Waals surface area contributed by atoms with E-state index in [1.165, 1.54) is 0 Å². The van der Waals surface area contributed by atoms with E-state index in [0.29, 0.717) is 33.8 Å². The average Bonchev–Trinajstić information content (AvgIpc) is 3.46. The van der Waals surface area contributed by atoms with Crippen LogP contribution in [0.2, 0.25) is 0 Å². The molecule has 0 spiro atoms. The van der Waals surface area contributed by atoms with Gasteiger partial charge in [0, 0.05) is 38.0 Å². The molecule has 10 aromatic carbocycles. The van der Waals surface area contributed by atoms with Crippen molar-refractivity contribution in [3.8, 4) is 11.5 Å². The Morgan fingerprint density at radius 3 is 1.18 bits per heavy atom. The maximum atomic E-state index is 11.0. The van der Waals surface area contributed by atoms with Crippen LogP contribution in [0.4, 0.5) is 51.2 Å². The van der Waals surface area contributed by atoms with Crippen LogP contribution in [0.1, 0.15) is 88.8 Å². The molecule has 10 aromatic rings. The molecule has 0 radical (unpaired) electrons. The van der Waals surface area contributed by atoms with Crippen LogP contribution in [0, 0.1) is 41.5 Å². The highest BCUT2D eigenvalue weighted by molar-refractivity contribution is 6.04. The first-order valence-corrected chi connectivity index (χ1v) is 26.5. The monoisotopic (exact) mass is 1020 g/mol. The Labute approximate surface area is 454 Å². The van der Waals surface area contributed by atoms with E-state index < -0.39 is 0 Å². The van der Waals surface area contributed by atoms with Crippen LogP contribution < -0.4 is 5.73 Å². The molecule has 77 heavy (non-hydrogen) atoms. The summed E-state index contributed by atoms with van der Waals surface area (Å²) in [5.74, 6) is 0.157. The lowest BCUT2D eigenvalue weighted by Crippen LogP contribution is -1.93. The van der Waals surface area contributed by atoms with E-state index in [-0.39, 0.29) is 11.5 Å². The quantitative estimate of drug-likeness (QED) is 0.102. The lowest BCUT2D eigenvalue weighted by Gasteiger charge is -2.12. The van der Waals surface area contributed by atoms with E-state index in [0.717, 1.165) is 93.8 Å². The number of rotatable bonds is 8. The third-order valence-electron chi connectivity index (χ3n) is 11.9. The van der Waals surface area contributed by atoms with Crippen molar-refractivity contribution in [3.05, 3.63) is 197 Å². The van der Waals surface area contributed by atoms with Gasteiger partial charge in [0.25, 0.3) is 0 Å². The first-order chi connectivity index (χ1) is 37.4. The van der Waals surface area contributed by atoms with Gasteiger partial charge in [-0.3, -0.25) is 0 Å². The fraction of sp³-hybridized carbons (Fsp3) is 0.212. The molecule has 0 bridgehead atoms. The second-order valence-electron chi connectivity index (χ2n) is 17.2. The fourth-order valence-electron chi connectivity index (χ4n) is 8.29. The molecule has 0 heterocycles. The van der Waals surface area contributed by atoms with Crippen LogP contribution >= 0.6 is 0 Å². The molecule has 4 N–H and O–H groups in total. The molecule has 11 heteroatoms. The lowest BCUT2D eigenvalue weighted by atomic mass is 9.98. The first-order valence-electron chi connectivity index (χ1n) is 26.5. The number of fused-ring (bicyclic) bond motifs is 4. The predicted octanol–water partition coefficient (Wildman–Crippen LogP) is 22.6. The second kappa shape index (κ2) is 28.6. The molecule has 0 amide bonds. The highest BCUT2D eigenvalue weighted by Gasteiger charge is 2.14. The van der Waals surface area contributed by atoms with Crippen molar-refractivity contribution in [1.82, 2.24) is 0 Å². The molecule has 0 saturated heterocycles. The smallest absolute Gasteiger partial charge is 0.153 e. The zero-order valence-corrected chi connectivity index (χ0v) is 47.1. The highest BCUT2D eigenvalue weighted by atomic mass is 16.3. The third-order valence-corrected chi connectivity index (χ3v) is 11.9. The van der Waals surface area contributed by atoms with Gasteiger partial charge in [0.2, 0.25) is 0 Å². The van der Waals surface area contributed by atoms with Crippen molar-refractivity contribution in [2.45, 2.75) is 96.9 Å². The van der Waals surface area contributed by atoms with Crippen molar-refractivity contribution < 1.29 is 10.2 Å². The van der Waals surface area contributed by atoms with Crippen molar-refractivity contribution in [2.24, 2.45) is 40.9 Å². The number of aromatic hydroxyl groups is 2. The summed E-state index contributed by atoms with van der Waals surface area (Å²) in [7, 11) is 0. The summed E-state index contributed by atoms with van der Waals surface area (Å²) in [6, 6.07) is 52.7. The number of hydrogen-bond donors (Lipinski definition) is 3. The molecule has 0 unspecified atom stereocenters. The largest absolute Gasteiger partial charge is 0.505 e. The van der Waals surface area contributed by atoms with E-state index in [4.69, 9.17) is 5.73 Å². The number of nitrogens with two attached hydrogens (primary N) is 1.